The lowest BCUT2D eigenvalue weighted by atomic mass is 10.1. The van der Waals surface area contributed by atoms with Crippen molar-refractivity contribution in [3.63, 3.8) is 0 Å². The van der Waals surface area contributed by atoms with Gasteiger partial charge in [0.15, 0.2) is 5.76 Å². The highest BCUT2D eigenvalue weighted by atomic mass is 16.5. The van der Waals surface area contributed by atoms with Crippen LogP contribution in [0.5, 0.6) is 5.88 Å². The highest BCUT2D eigenvalue weighted by molar-refractivity contribution is 5.63. The smallest absolute Gasteiger partial charge is 0.258 e. The molecule has 0 unspecified atom stereocenters. The summed E-state index contributed by atoms with van der Waals surface area (Å²) in [6.45, 7) is 2.87. The summed E-state index contributed by atoms with van der Waals surface area (Å²) in [6.07, 6.45) is 4.77. The van der Waals surface area contributed by atoms with Gasteiger partial charge in [-0.15, -0.1) is 0 Å². The van der Waals surface area contributed by atoms with Gasteiger partial charge in [0.2, 0.25) is 0 Å². The first-order chi connectivity index (χ1) is 9.36. The van der Waals surface area contributed by atoms with E-state index < -0.39 is 0 Å². The van der Waals surface area contributed by atoms with Gasteiger partial charge in [-0.3, -0.25) is 0 Å². The second-order valence-corrected chi connectivity index (χ2v) is 4.07. The van der Waals surface area contributed by atoms with E-state index in [2.05, 4.69) is 5.16 Å². The molecule has 0 saturated heterocycles. The first-order valence-corrected chi connectivity index (χ1v) is 6.34. The molecule has 19 heavy (non-hydrogen) atoms. The molecular formula is C15H18N2O2. The maximum atomic E-state index is 5.52. The van der Waals surface area contributed by atoms with Crippen LogP contribution in [-0.4, -0.2) is 18.3 Å². The van der Waals surface area contributed by atoms with Gasteiger partial charge in [0.05, 0.1) is 5.56 Å². The largest absolute Gasteiger partial charge is 0.474 e. The van der Waals surface area contributed by atoms with Crippen molar-refractivity contribution in [2.45, 2.75) is 13.3 Å². The van der Waals surface area contributed by atoms with Gasteiger partial charge >= 0.3 is 0 Å². The predicted molar refractivity (Wildman–Crippen MR) is 75.0 cm³/mol. The third-order valence-corrected chi connectivity index (χ3v) is 2.70. The SMILES string of the molecule is CC=CCc1c(OCCN)noc1-c1ccccc1. The lowest BCUT2D eigenvalue weighted by Gasteiger charge is -2.03. The fraction of sp³-hybridized carbons (Fsp3) is 0.267. The van der Waals surface area contributed by atoms with E-state index in [0.717, 1.165) is 23.3 Å². The molecule has 2 rings (SSSR count). The normalized spacial score (nSPS) is 11.1. The highest BCUT2D eigenvalue weighted by Gasteiger charge is 2.17. The zero-order valence-corrected chi connectivity index (χ0v) is 11.0. The van der Waals surface area contributed by atoms with E-state index in [1.54, 1.807) is 0 Å². The molecule has 0 bridgehead atoms. The van der Waals surface area contributed by atoms with Crippen molar-refractivity contribution in [1.29, 1.82) is 0 Å². The Balaban J connectivity index is 2.34. The molecule has 4 heteroatoms. The topological polar surface area (TPSA) is 61.3 Å². The summed E-state index contributed by atoms with van der Waals surface area (Å²) < 4.78 is 10.9. The Morgan fingerprint density at radius 3 is 2.79 bits per heavy atom. The van der Waals surface area contributed by atoms with Crippen molar-refractivity contribution in [2.75, 3.05) is 13.2 Å². The summed E-state index contributed by atoms with van der Waals surface area (Å²) in [7, 11) is 0. The van der Waals surface area contributed by atoms with Crippen molar-refractivity contribution in [3.8, 4) is 17.2 Å². The number of benzene rings is 1. The van der Waals surface area contributed by atoms with Gasteiger partial charge < -0.3 is 15.0 Å². The predicted octanol–water partition coefficient (Wildman–Crippen LogP) is 2.80. The van der Waals surface area contributed by atoms with Crippen molar-refractivity contribution < 1.29 is 9.26 Å². The molecule has 0 aliphatic heterocycles. The molecular weight excluding hydrogens is 240 g/mol. The fourth-order valence-corrected chi connectivity index (χ4v) is 1.80. The minimum atomic E-state index is 0.434. The number of nitrogens with two attached hydrogens (primary N) is 1. The van der Waals surface area contributed by atoms with Crippen LogP contribution >= 0.6 is 0 Å². The molecule has 0 amide bonds. The van der Waals surface area contributed by atoms with Gasteiger partial charge in [0, 0.05) is 12.1 Å². The molecule has 1 heterocycles. The van der Waals surface area contributed by atoms with E-state index in [1.807, 2.05) is 49.4 Å². The van der Waals surface area contributed by atoms with Crippen molar-refractivity contribution >= 4 is 0 Å². The Hall–Kier alpha value is -2.07. The molecule has 1 aromatic carbocycles. The van der Waals surface area contributed by atoms with Gasteiger partial charge in [0.1, 0.15) is 6.61 Å². The van der Waals surface area contributed by atoms with E-state index in [0.29, 0.717) is 19.0 Å². The zero-order chi connectivity index (χ0) is 13.5. The minimum absolute atomic E-state index is 0.434. The van der Waals surface area contributed by atoms with Crippen LogP contribution in [0.25, 0.3) is 11.3 Å². The van der Waals surface area contributed by atoms with Crippen LogP contribution in [0.1, 0.15) is 12.5 Å². The maximum absolute atomic E-state index is 5.52. The fourth-order valence-electron chi connectivity index (χ4n) is 1.80. The van der Waals surface area contributed by atoms with E-state index in [9.17, 15) is 0 Å². The molecule has 4 nitrogen and oxygen atoms in total. The second-order valence-electron chi connectivity index (χ2n) is 4.07. The standard InChI is InChI=1S/C15H18N2O2/c1-2-3-9-13-14(12-7-5-4-6-8-12)19-17-15(13)18-11-10-16/h2-8H,9-11,16H2,1H3. The van der Waals surface area contributed by atoms with Crippen LogP contribution in [-0.2, 0) is 6.42 Å². The first-order valence-electron chi connectivity index (χ1n) is 6.34. The number of nitrogens with zero attached hydrogens (tertiary/aromatic N) is 1. The van der Waals surface area contributed by atoms with Crippen LogP contribution in [0.4, 0.5) is 0 Å². The van der Waals surface area contributed by atoms with E-state index >= 15 is 0 Å². The van der Waals surface area contributed by atoms with Crippen LogP contribution in [0.3, 0.4) is 0 Å². The molecule has 0 atom stereocenters. The number of ether oxygens (including phenoxy) is 1. The van der Waals surface area contributed by atoms with Crippen molar-refractivity contribution in [2.24, 2.45) is 5.73 Å². The maximum Gasteiger partial charge on any atom is 0.258 e. The van der Waals surface area contributed by atoms with Crippen molar-refractivity contribution in [3.05, 3.63) is 48.0 Å². The lowest BCUT2D eigenvalue weighted by Crippen LogP contribution is -2.11. The summed E-state index contributed by atoms with van der Waals surface area (Å²) in [5, 5.41) is 4.00. The molecule has 100 valence electrons. The zero-order valence-electron chi connectivity index (χ0n) is 11.0. The Morgan fingerprint density at radius 2 is 2.11 bits per heavy atom. The Labute approximate surface area is 112 Å². The quantitative estimate of drug-likeness (QED) is 0.809. The second kappa shape index (κ2) is 6.75. The van der Waals surface area contributed by atoms with Crippen LogP contribution in [0.15, 0.2) is 47.0 Å². The monoisotopic (exact) mass is 258 g/mol. The summed E-state index contributed by atoms with van der Waals surface area (Å²) >= 11 is 0. The Morgan fingerprint density at radius 1 is 1.32 bits per heavy atom. The molecule has 0 saturated carbocycles. The van der Waals surface area contributed by atoms with E-state index in [4.69, 9.17) is 15.0 Å². The molecule has 0 aliphatic rings. The number of hydrogen-bond donors (Lipinski definition) is 1. The van der Waals surface area contributed by atoms with Gasteiger partial charge in [0.25, 0.3) is 5.88 Å². The summed E-state index contributed by atoms with van der Waals surface area (Å²) in [5.41, 5.74) is 7.40. The number of rotatable bonds is 6. The minimum Gasteiger partial charge on any atom is -0.474 e. The number of allylic oxidation sites excluding steroid dienone is 2. The summed E-state index contributed by atoms with van der Waals surface area (Å²) in [5.74, 6) is 1.29. The molecule has 2 aromatic rings. The van der Waals surface area contributed by atoms with Gasteiger partial charge in [-0.1, -0.05) is 42.5 Å². The van der Waals surface area contributed by atoms with Gasteiger partial charge in [-0.2, -0.15) is 0 Å². The molecule has 0 spiro atoms. The lowest BCUT2D eigenvalue weighted by molar-refractivity contribution is 0.287. The molecule has 0 radical (unpaired) electrons. The van der Waals surface area contributed by atoms with Crippen molar-refractivity contribution in [1.82, 2.24) is 5.16 Å². The van der Waals surface area contributed by atoms with Crippen LogP contribution < -0.4 is 10.5 Å². The summed E-state index contributed by atoms with van der Waals surface area (Å²) in [4.78, 5) is 0. The molecule has 1 aromatic heterocycles. The van der Waals surface area contributed by atoms with Gasteiger partial charge in [-0.25, -0.2) is 0 Å². The molecule has 0 aliphatic carbocycles. The van der Waals surface area contributed by atoms with E-state index in [1.165, 1.54) is 0 Å². The summed E-state index contributed by atoms with van der Waals surface area (Å²) in [6, 6.07) is 9.89. The van der Waals surface area contributed by atoms with E-state index in [-0.39, 0.29) is 0 Å². The number of aromatic nitrogens is 1. The molecule has 2 N–H and O–H groups in total. The Kier molecular flexibility index (Phi) is 4.75. The van der Waals surface area contributed by atoms with Crippen LogP contribution in [0.2, 0.25) is 0 Å². The average Bonchev–Trinajstić information content (AvgIpc) is 2.86. The van der Waals surface area contributed by atoms with Gasteiger partial charge in [-0.05, 0) is 18.5 Å². The highest BCUT2D eigenvalue weighted by Crippen LogP contribution is 2.31. The molecule has 0 fully saturated rings. The third kappa shape index (κ3) is 3.23. The van der Waals surface area contributed by atoms with Crippen LogP contribution in [0, 0.1) is 0 Å². The number of hydrogen-bond acceptors (Lipinski definition) is 4. The third-order valence-electron chi connectivity index (χ3n) is 2.70. The Bertz CT molecular complexity index is 532. The average molecular weight is 258 g/mol. The first kappa shape index (κ1) is 13.4.